The van der Waals surface area contributed by atoms with Gasteiger partial charge in [0.1, 0.15) is 0 Å². The first kappa shape index (κ1) is 15.6. The quantitative estimate of drug-likeness (QED) is 0.647. The Balaban J connectivity index is 1.94. The van der Waals surface area contributed by atoms with E-state index in [0.29, 0.717) is 16.7 Å². The van der Waals surface area contributed by atoms with Crippen molar-refractivity contribution in [3.8, 4) is 0 Å². The van der Waals surface area contributed by atoms with Gasteiger partial charge < -0.3 is 5.11 Å². The molecular formula is C20H34O. The Bertz CT molecular complexity index is 439. The normalized spacial score (nSPS) is 52.6. The average Bonchev–Trinajstić information content (AvgIpc) is 2.36. The molecule has 0 aromatic heterocycles. The predicted octanol–water partition coefficient (Wildman–Crippen LogP) is 5.34. The van der Waals surface area contributed by atoms with Crippen LogP contribution < -0.4 is 0 Å². The van der Waals surface area contributed by atoms with E-state index in [1.54, 1.807) is 0 Å². The van der Waals surface area contributed by atoms with Gasteiger partial charge in [-0.15, -0.1) is 6.58 Å². The first-order valence-electron chi connectivity index (χ1n) is 9.01. The molecule has 0 spiro atoms. The molecule has 1 heteroatoms. The molecule has 0 saturated heterocycles. The highest BCUT2D eigenvalue weighted by atomic mass is 16.3. The Morgan fingerprint density at radius 2 is 1.62 bits per heavy atom. The molecule has 0 aromatic carbocycles. The second kappa shape index (κ2) is 4.60. The molecule has 120 valence electrons. The van der Waals surface area contributed by atoms with Crippen LogP contribution >= 0.6 is 0 Å². The second-order valence-corrected chi connectivity index (χ2v) is 9.67. The third-order valence-electron chi connectivity index (χ3n) is 7.79. The maximum Gasteiger partial charge on any atom is 0.0689 e. The maximum atomic E-state index is 11.5. The number of fused-ring (bicyclic) bond motifs is 3. The summed E-state index contributed by atoms with van der Waals surface area (Å²) in [6, 6.07) is 0. The van der Waals surface area contributed by atoms with Gasteiger partial charge in [-0.1, -0.05) is 40.2 Å². The lowest BCUT2D eigenvalue weighted by Gasteiger charge is -2.64. The average molecular weight is 290 g/mol. The first-order valence-corrected chi connectivity index (χ1v) is 9.01. The van der Waals surface area contributed by atoms with E-state index < -0.39 is 5.60 Å². The van der Waals surface area contributed by atoms with Crippen molar-refractivity contribution in [1.29, 1.82) is 0 Å². The number of aliphatic hydroxyl groups is 1. The lowest BCUT2D eigenvalue weighted by Crippen LogP contribution is -2.61. The van der Waals surface area contributed by atoms with Gasteiger partial charge >= 0.3 is 0 Å². The molecule has 0 radical (unpaired) electrons. The van der Waals surface area contributed by atoms with Crippen molar-refractivity contribution in [3.05, 3.63) is 12.7 Å². The van der Waals surface area contributed by atoms with Crippen LogP contribution in [-0.4, -0.2) is 10.7 Å². The molecule has 5 atom stereocenters. The molecule has 3 rings (SSSR count). The van der Waals surface area contributed by atoms with Crippen molar-refractivity contribution in [2.75, 3.05) is 0 Å². The molecule has 1 N–H and O–H groups in total. The fraction of sp³-hybridized carbons (Fsp3) is 0.900. The summed E-state index contributed by atoms with van der Waals surface area (Å²) in [6.07, 6.45) is 11.6. The smallest absolute Gasteiger partial charge is 0.0689 e. The standard InChI is InChI=1S/C20H34O/c1-6-18(4)12-8-16-19(5)11-7-10-17(2,3)15(19)9-13-20(16,21)14-18/h6,15-16,21H,1,7-14H2,2-5H3/t15?,16?,18-,19-,20+/m0/s1. The highest BCUT2D eigenvalue weighted by Gasteiger charge is 2.61. The summed E-state index contributed by atoms with van der Waals surface area (Å²) in [4.78, 5) is 0. The van der Waals surface area contributed by atoms with Crippen LogP contribution in [0.1, 0.15) is 79.1 Å². The van der Waals surface area contributed by atoms with Crippen molar-refractivity contribution < 1.29 is 5.11 Å². The third kappa shape index (κ3) is 2.22. The van der Waals surface area contributed by atoms with Crippen molar-refractivity contribution in [2.24, 2.45) is 28.1 Å². The van der Waals surface area contributed by atoms with Crippen molar-refractivity contribution in [2.45, 2.75) is 84.7 Å². The molecule has 3 aliphatic rings. The lowest BCUT2D eigenvalue weighted by molar-refractivity contribution is -0.202. The summed E-state index contributed by atoms with van der Waals surface area (Å²) in [5.41, 5.74) is 0.489. The van der Waals surface area contributed by atoms with E-state index in [9.17, 15) is 5.11 Å². The van der Waals surface area contributed by atoms with E-state index in [0.717, 1.165) is 18.8 Å². The number of hydrogen-bond donors (Lipinski definition) is 1. The summed E-state index contributed by atoms with van der Waals surface area (Å²) >= 11 is 0. The number of allylic oxidation sites excluding steroid dienone is 1. The summed E-state index contributed by atoms with van der Waals surface area (Å²) in [5.74, 6) is 1.29. The van der Waals surface area contributed by atoms with Gasteiger partial charge in [0.15, 0.2) is 0 Å². The van der Waals surface area contributed by atoms with E-state index in [-0.39, 0.29) is 5.41 Å². The van der Waals surface area contributed by atoms with Crippen LogP contribution in [0.15, 0.2) is 12.7 Å². The van der Waals surface area contributed by atoms with Crippen LogP contribution in [-0.2, 0) is 0 Å². The Hall–Kier alpha value is -0.300. The Kier molecular flexibility index (Phi) is 3.41. The summed E-state index contributed by atoms with van der Waals surface area (Å²) in [7, 11) is 0. The fourth-order valence-electron chi connectivity index (χ4n) is 6.73. The number of rotatable bonds is 1. The molecule has 0 aromatic rings. The molecule has 0 aliphatic heterocycles. The minimum atomic E-state index is -0.445. The third-order valence-corrected chi connectivity index (χ3v) is 7.79. The lowest BCUT2D eigenvalue weighted by atomic mass is 9.42. The molecule has 0 amide bonds. The highest BCUT2D eigenvalue weighted by Crippen LogP contribution is 2.66. The predicted molar refractivity (Wildman–Crippen MR) is 89.1 cm³/mol. The van der Waals surface area contributed by atoms with E-state index in [1.165, 1.54) is 38.5 Å². The molecular weight excluding hydrogens is 256 g/mol. The minimum absolute atomic E-state index is 0.138. The van der Waals surface area contributed by atoms with E-state index in [4.69, 9.17) is 0 Å². The van der Waals surface area contributed by atoms with Gasteiger partial charge in [-0.05, 0) is 73.0 Å². The van der Waals surface area contributed by atoms with Crippen molar-refractivity contribution in [1.82, 2.24) is 0 Å². The molecule has 0 bridgehead atoms. The minimum Gasteiger partial charge on any atom is -0.390 e. The van der Waals surface area contributed by atoms with Gasteiger partial charge in [-0.25, -0.2) is 0 Å². The van der Waals surface area contributed by atoms with Crippen LogP contribution in [0.25, 0.3) is 0 Å². The van der Waals surface area contributed by atoms with E-state index in [2.05, 4.69) is 40.3 Å². The van der Waals surface area contributed by atoms with Crippen molar-refractivity contribution >= 4 is 0 Å². The largest absolute Gasteiger partial charge is 0.390 e. The summed E-state index contributed by atoms with van der Waals surface area (Å²) < 4.78 is 0. The molecule has 2 unspecified atom stereocenters. The zero-order chi connectivity index (χ0) is 15.5. The van der Waals surface area contributed by atoms with Gasteiger partial charge in [0.05, 0.1) is 5.60 Å². The maximum absolute atomic E-state index is 11.5. The van der Waals surface area contributed by atoms with Crippen LogP contribution in [0.2, 0.25) is 0 Å². The fourth-order valence-corrected chi connectivity index (χ4v) is 6.73. The number of hydrogen-bond acceptors (Lipinski definition) is 1. The zero-order valence-corrected chi connectivity index (χ0v) is 14.5. The summed E-state index contributed by atoms with van der Waals surface area (Å²) in [6.45, 7) is 13.8. The van der Waals surface area contributed by atoms with E-state index >= 15 is 0 Å². The van der Waals surface area contributed by atoms with Crippen LogP contribution in [0, 0.1) is 28.1 Å². The van der Waals surface area contributed by atoms with Crippen LogP contribution in [0.4, 0.5) is 0 Å². The molecule has 3 saturated carbocycles. The van der Waals surface area contributed by atoms with Gasteiger partial charge in [0.25, 0.3) is 0 Å². The Morgan fingerprint density at radius 1 is 0.952 bits per heavy atom. The van der Waals surface area contributed by atoms with Crippen LogP contribution in [0.5, 0.6) is 0 Å². The van der Waals surface area contributed by atoms with Gasteiger partial charge in [0, 0.05) is 0 Å². The van der Waals surface area contributed by atoms with Gasteiger partial charge in [-0.2, -0.15) is 0 Å². The Morgan fingerprint density at radius 3 is 2.29 bits per heavy atom. The molecule has 21 heavy (non-hydrogen) atoms. The van der Waals surface area contributed by atoms with Gasteiger partial charge in [0.2, 0.25) is 0 Å². The van der Waals surface area contributed by atoms with Crippen LogP contribution in [0.3, 0.4) is 0 Å². The summed E-state index contributed by atoms with van der Waals surface area (Å²) in [5, 5.41) is 11.5. The van der Waals surface area contributed by atoms with E-state index in [1.807, 2.05) is 0 Å². The topological polar surface area (TPSA) is 20.2 Å². The zero-order valence-electron chi connectivity index (χ0n) is 14.5. The first-order chi connectivity index (χ1) is 9.65. The SMILES string of the molecule is C=C[C@@]1(C)CCC2[C@@](O)(CCC3C(C)(C)CCC[C@@]32C)C1. The van der Waals surface area contributed by atoms with Crippen molar-refractivity contribution in [3.63, 3.8) is 0 Å². The molecule has 0 heterocycles. The molecule has 3 fully saturated rings. The van der Waals surface area contributed by atoms with Gasteiger partial charge in [-0.3, -0.25) is 0 Å². The second-order valence-electron chi connectivity index (χ2n) is 9.67. The molecule has 1 nitrogen and oxygen atoms in total. The monoisotopic (exact) mass is 290 g/mol. The molecule has 3 aliphatic carbocycles. The Labute approximate surface area is 131 Å². The highest BCUT2D eigenvalue weighted by molar-refractivity contribution is 5.13.